The summed E-state index contributed by atoms with van der Waals surface area (Å²) in [7, 11) is 0. The molecule has 2 aliphatic rings. The quantitative estimate of drug-likeness (QED) is 0.311. The van der Waals surface area contributed by atoms with Crippen LogP contribution in [0.2, 0.25) is 0 Å². The van der Waals surface area contributed by atoms with Gasteiger partial charge in [0.25, 0.3) is 0 Å². The Bertz CT molecular complexity index is 860. The highest BCUT2D eigenvalue weighted by Crippen LogP contribution is 2.37. The van der Waals surface area contributed by atoms with Crippen molar-refractivity contribution >= 4 is 0 Å². The van der Waals surface area contributed by atoms with Crippen molar-refractivity contribution in [3.63, 3.8) is 0 Å². The lowest BCUT2D eigenvalue weighted by Crippen LogP contribution is -2.20. The van der Waals surface area contributed by atoms with Crippen molar-refractivity contribution in [1.82, 2.24) is 0 Å². The molecule has 2 fully saturated rings. The topological polar surface area (TPSA) is 31.0 Å². The molecular formula is C28H34O3. The van der Waals surface area contributed by atoms with E-state index in [1.165, 1.54) is 29.5 Å². The van der Waals surface area contributed by atoms with Gasteiger partial charge >= 0.3 is 0 Å². The second-order valence-electron chi connectivity index (χ2n) is 9.28. The van der Waals surface area contributed by atoms with Crippen LogP contribution in [-0.2, 0) is 23.0 Å². The van der Waals surface area contributed by atoms with E-state index < -0.39 is 0 Å². The molecule has 1 saturated carbocycles. The number of allylic oxidation sites excluding steroid dienone is 2. The molecule has 3 heteroatoms. The largest absolute Gasteiger partial charge is 0.493 e. The van der Waals surface area contributed by atoms with Gasteiger partial charge in [0.15, 0.2) is 0 Å². The molecule has 0 N–H and O–H groups in total. The molecule has 164 valence electrons. The van der Waals surface area contributed by atoms with Crippen molar-refractivity contribution in [2.45, 2.75) is 51.0 Å². The molecule has 1 saturated heterocycles. The monoisotopic (exact) mass is 418 g/mol. The Morgan fingerprint density at radius 1 is 0.903 bits per heavy atom. The third-order valence-corrected chi connectivity index (χ3v) is 6.29. The third kappa shape index (κ3) is 5.40. The van der Waals surface area contributed by atoms with Crippen LogP contribution in [0.3, 0.4) is 0 Å². The molecule has 0 aromatic heterocycles. The van der Waals surface area contributed by atoms with E-state index >= 15 is 0 Å². The van der Waals surface area contributed by atoms with Crippen LogP contribution in [0.4, 0.5) is 0 Å². The predicted molar refractivity (Wildman–Crippen MR) is 126 cm³/mol. The highest BCUT2D eigenvalue weighted by atomic mass is 16.6. The zero-order valence-corrected chi connectivity index (χ0v) is 18.9. The van der Waals surface area contributed by atoms with Gasteiger partial charge in [-0.1, -0.05) is 50.3 Å². The zero-order valence-electron chi connectivity index (χ0n) is 18.9. The number of rotatable bonds is 12. The molecule has 1 aliphatic carbocycles. The number of hydrogen-bond donors (Lipinski definition) is 0. The lowest BCUT2D eigenvalue weighted by molar-refractivity contribution is 0.261. The minimum Gasteiger partial charge on any atom is -0.493 e. The molecule has 1 aliphatic heterocycles. The van der Waals surface area contributed by atoms with Gasteiger partial charge in [0.05, 0.1) is 13.2 Å². The summed E-state index contributed by atoms with van der Waals surface area (Å²) in [5, 5.41) is 0. The van der Waals surface area contributed by atoms with Gasteiger partial charge in [-0.05, 0) is 66.0 Å². The van der Waals surface area contributed by atoms with Crippen LogP contribution in [0.5, 0.6) is 11.5 Å². The molecule has 1 unspecified atom stereocenters. The minimum atomic E-state index is -0.154. The van der Waals surface area contributed by atoms with Crippen LogP contribution in [0.15, 0.2) is 61.7 Å². The summed E-state index contributed by atoms with van der Waals surface area (Å²) >= 11 is 0. The van der Waals surface area contributed by atoms with Gasteiger partial charge in [0.2, 0.25) is 0 Å². The molecule has 0 radical (unpaired) electrons. The SMILES string of the molecule is C=CCc1cc(C(C)(C)c2ccc(OCC3CO3)c(CC=C)c2)ccc1OCC1CC1. The average molecular weight is 419 g/mol. The third-order valence-electron chi connectivity index (χ3n) is 6.29. The summed E-state index contributed by atoms with van der Waals surface area (Å²) < 4.78 is 17.4. The van der Waals surface area contributed by atoms with Crippen molar-refractivity contribution < 1.29 is 14.2 Å². The van der Waals surface area contributed by atoms with E-state index in [4.69, 9.17) is 14.2 Å². The van der Waals surface area contributed by atoms with E-state index in [0.717, 1.165) is 49.0 Å². The van der Waals surface area contributed by atoms with Crippen LogP contribution < -0.4 is 9.47 Å². The van der Waals surface area contributed by atoms with Gasteiger partial charge in [-0.25, -0.2) is 0 Å². The first-order valence-electron chi connectivity index (χ1n) is 11.4. The molecule has 4 rings (SSSR count). The Hall–Kier alpha value is -2.52. The molecule has 1 heterocycles. The summed E-state index contributed by atoms with van der Waals surface area (Å²) in [6.45, 7) is 14.7. The van der Waals surface area contributed by atoms with Crippen molar-refractivity contribution in [3.8, 4) is 11.5 Å². The van der Waals surface area contributed by atoms with Gasteiger partial charge in [0, 0.05) is 5.41 Å². The van der Waals surface area contributed by atoms with E-state index in [2.05, 4.69) is 63.4 Å². The van der Waals surface area contributed by atoms with E-state index in [9.17, 15) is 0 Å². The van der Waals surface area contributed by atoms with Crippen LogP contribution in [0.25, 0.3) is 0 Å². The number of ether oxygens (including phenoxy) is 3. The fourth-order valence-electron chi connectivity index (χ4n) is 3.85. The van der Waals surface area contributed by atoms with Gasteiger partial charge in [-0.15, -0.1) is 13.2 Å². The molecule has 2 aromatic rings. The normalized spacial score (nSPS) is 17.8. The Balaban J connectivity index is 1.59. The summed E-state index contributed by atoms with van der Waals surface area (Å²) in [6.07, 6.45) is 8.30. The Morgan fingerprint density at radius 3 is 1.87 bits per heavy atom. The Kier molecular flexibility index (Phi) is 6.52. The van der Waals surface area contributed by atoms with Gasteiger partial charge in [-0.2, -0.15) is 0 Å². The second kappa shape index (κ2) is 9.32. The maximum absolute atomic E-state index is 6.12. The summed E-state index contributed by atoms with van der Waals surface area (Å²) in [5.74, 6) is 2.65. The molecule has 1 atom stereocenters. The molecule has 0 spiro atoms. The second-order valence-corrected chi connectivity index (χ2v) is 9.28. The fraction of sp³-hybridized carbons (Fsp3) is 0.429. The standard InChI is InChI=1S/C28H34O3/c1-5-7-21-15-23(11-13-26(21)30-17-20-9-10-20)28(3,4)24-12-14-27(22(16-24)8-6-2)31-19-25-18-29-25/h5-6,11-16,20,25H,1-2,7-10,17-19H2,3-4H3. The van der Waals surface area contributed by atoms with Crippen molar-refractivity contribution in [1.29, 1.82) is 0 Å². The van der Waals surface area contributed by atoms with Gasteiger partial charge in [0.1, 0.15) is 24.2 Å². The molecule has 0 amide bonds. The molecule has 0 bridgehead atoms. The molecular weight excluding hydrogens is 384 g/mol. The first-order valence-corrected chi connectivity index (χ1v) is 11.4. The molecule has 31 heavy (non-hydrogen) atoms. The van der Waals surface area contributed by atoms with Crippen LogP contribution >= 0.6 is 0 Å². The summed E-state index contributed by atoms with van der Waals surface area (Å²) in [5.41, 5.74) is 4.75. The lowest BCUT2D eigenvalue weighted by Gasteiger charge is -2.28. The zero-order chi connectivity index (χ0) is 21.8. The Labute approximate surface area is 186 Å². The van der Waals surface area contributed by atoms with Crippen LogP contribution in [0, 0.1) is 5.92 Å². The fourth-order valence-corrected chi connectivity index (χ4v) is 3.85. The van der Waals surface area contributed by atoms with Gasteiger partial charge in [-0.3, -0.25) is 0 Å². The Morgan fingerprint density at radius 2 is 1.42 bits per heavy atom. The summed E-state index contributed by atoms with van der Waals surface area (Å²) in [4.78, 5) is 0. The van der Waals surface area contributed by atoms with Crippen molar-refractivity contribution in [2.75, 3.05) is 19.8 Å². The van der Waals surface area contributed by atoms with E-state index in [-0.39, 0.29) is 11.5 Å². The molecule has 3 nitrogen and oxygen atoms in total. The number of benzene rings is 2. The highest BCUT2D eigenvalue weighted by Gasteiger charge is 2.27. The van der Waals surface area contributed by atoms with E-state index in [0.29, 0.717) is 6.61 Å². The molecule has 2 aromatic carbocycles. The van der Waals surface area contributed by atoms with Crippen molar-refractivity contribution in [3.05, 3.63) is 84.0 Å². The van der Waals surface area contributed by atoms with Crippen LogP contribution in [-0.4, -0.2) is 25.9 Å². The van der Waals surface area contributed by atoms with E-state index in [1.807, 2.05) is 12.2 Å². The lowest BCUT2D eigenvalue weighted by atomic mass is 9.76. The number of hydrogen-bond acceptors (Lipinski definition) is 3. The summed E-state index contributed by atoms with van der Waals surface area (Å²) in [6, 6.07) is 13.2. The average Bonchev–Trinajstić information content (AvgIpc) is 3.67. The first kappa shape index (κ1) is 21.7. The predicted octanol–water partition coefficient (Wildman–Crippen LogP) is 6.04. The highest BCUT2D eigenvalue weighted by molar-refractivity contribution is 5.48. The maximum atomic E-state index is 6.12. The first-order chi connectivity index (χ1) is 15.0. The van der Waals surface area contributed by atoms with Crippen LogP contribution in [0.1, 0.15) is 48.9 Å². The van der Waals surface area contributed by atoms with E-state index in [1.54, 1.807) is 0 Å². The van der Waals surface area contributed by atoms with Gasteiger partial charge < -0.3 is 14.2 Å². The van der Waals surface area contributed by atoms with Crippen molar-refractivity contribution in [2.24, 2.45) is 5.92 Å². The number of epoxide rings is 1. The smallest absolute Gasteiger partial charge is 0.122 e. The minimum absolute atomic E-state index is 0.154. The maximum Gasteiger partial charge on any atom is 0.122 e.